The van der Waals surface area contributed by atoms with E-state index < -0.39 is 24.0 Å². The van der Waals surface area contributed by atoms with Crippen LogP contribution in [0.2, 0.25) is 0 Å². The van der Waals surface area contributed by atoms with Crippen molar-refractivity contribution in [2.24, 2.45) is 0 Å². The van der Waals surface area contributed by atoms with Crippen molar-refractivity contribution in [3.05, 3.63) is 0 Å². The topological polar surface area (TPSA) is 98.7 Å². The quantitative estimate of drug-likeness (QED) is 0.196. The van der Waals surface area contributed by atoms with Crippen LogP contribution in [-0.2, 0) is 30.0 Å². The first kappa shape index (κ1) is 19.6. The van der Waals surface area contributed by atoms with Crippen molar-refractivity contribution in [3.63, 3.8) is 0 Å². The molecule has 4 N–H and O–H groups in total. The summed E-state index contributed by atoms with van der Waals surface area (Å²) in [6, 6.07) is -1.44. The third-order valence-corrected chi connectivity index (χ3v) is 2.60. The Kier molecular flexibility index (Phi) is 13.0. The number of thiol groups is 2. The number of nitrogens with one attached hydrogen (secondary N) is 2. The van der Waals surface area contributed by atoms with E-state index in [9.17, 15) is 9.59 Å². The van der Waals surface area contributed by atoms with Gasteiger partial charge in [0.05, 0.1) is 0 Å². The summed E-state index contributed by atoms with van der Waals surface area (Å²) in [4.78, 5) is 21.2. The minimum atomic E-state index is -0.973. The molecule has 0 saturated heterocycles. The van der Waals surface area contributed by atoms with Crippen LogP contribution in [0.1, 0.15) is 0 Å². The molecule has 0 aromatic rings. The normalized spacial score (nSPS) is 13.5. The molecule has 0 aliphatic heterocycles. The summed E-state index contributed by atoms with van der Waals surface area (Å²) in [6.45, 7) is 0.712. The predicted octanol–water partition coefficient (Wildman–Crippen LogP) is -1.07. The fourth-order valence-electron chi connectivity index (χ4n) is 0.953. The average molecular weight is 455 g/mol. The van der Waals surface area contributed by atoms with E-state index in [1.807, 2.05) is 0 Å². The van der Waals surface area contributed by atoms with Crippen molar-refractivity contribution in [2.45, 2.75) is 12.1 Å². The van der Waals surface area contributed by atoms with Crippen LogP contribution in [0.25, 0.3) is 0 Å². The third-order valence-electron chi connectivity index (χ3n) is 1.87. The van der Waals surface area contributed by atoms with Gasteiger partial charge in [0.25, 0.3) is 0 Å². The zero-order chi connectivity index (χ0) is 12.6. The van der Waals surface area contributed by atoms with Gasteiger partial charge in [-0.2, -0.15) is 25.3 Å². The molecule has 0 heterocycles. The number of aliphatic carboxylic acids is 2. The molecule has 9 heteroatoms. The monoisotopic (exact) mass is 455 g/mol. The second-order valence-corrected chi connectivity index (χ2v) is 3.79. The van der Waals surface area contributed by atoms with Crippen LogP contribution in [0.4, 0.5) is 0 Å². The number of rotatable bonds is 9. The Balaban J connectivity index is 0. The van der Waals surface area contributed by atoms with Gasteiger partial charge in [0.1, 0.15) is 12.1 Å². The number of carbonyl (C=O) groups is 2. The second kappa shape index (κ2) is 11.3. The molecule has 0 saturated carbocycles. The van der Waals surface area contributed by atoms with Gasteiger partial charge in [-0.25, -0.2) is 0 Å². The van der Waals surface area contributed by atoms with Crippen LogP contribution in [-0.4, -0.2) is 58.8 Å². The maximum atomic E-state index is 10.6. The third kappa shape index (κ3) is 8.88. The second-order valence-electron chi connectivity index (χ2n) is 3.06. The van der Waals surface area contributed by atoms with Crippen molar-refractivity contribution in [2.75, 3.05) is 24.6 Å². The number of hydrogen-bond acceptors (Lipinski definition) is 6. The van der Waals surface area contributed by atoms with Gasteiger partial charge in [-0.05, 0) is 0 Å². The van der Waals surface area contributed by atoms with Gasteiger partial charge in [0.15, 0.2) is 0 Å². The van der Waals surface area contributed by atoms with Crippen LogP contribution < -0.4 is 10.6 Å². The summed E-state index contributed by atoms with van der Waals surface area (Å²) >= 11 is 7.76. The Hall–Kier alpha value is 0.222. The van der Waals surface area contributed by atoms with E-state index in [4.69, 9.17) is 10.2 Å². The Morgan fingerprint density at radius 1 is 0.941 bits per heavy atom. The molecular weight excluding hydrogens is 438 g/mol. The fourth-order valence-corrected chi connectivity index (χ4v) is 1.52. The number of hydrogen-bond donors (Lipinski definition) is 6. The minimum absolute atomic E-state index is 0. The smallest absolute Gasteiger partial charge is 0.321 e. The molecule has 0 aliphatic carbocycles. The van der Waals surface area contributed by atoms with Crippen molar-refractivity contribution in [3.8, 4) is 0 Å². The average Bonchev–Trinajstić information content (AvgIpc) is 2.22. The molecular formula is C8H16N2O4ReS2. The summed E-state index contributed by atoms with van der Waals surface area (Å²) in [6.07, 6.45) is 0. The summed E-state index contributed by atoms with van der Waals surface area (Å²) in [7, 11) is 0. The van der Waals surface area contributed by atoms with Gasteiger partial charge >= 0.3 is 11.9 Å². The number of carboxylic acids is 2. The standard InChI is InChI=1S/C8H16N2O4S2.Re/c11-7(12)5(3-15)9-1-2-10-6(4-16)8(13)14;/h5-6,9-10,15-16H,1-4H2,(H,11,12)(H,13,14);/t5-,6-;/m0./s1. The van der Waals surface area contributed by atoms with E-state index in [1.165, 1.54) is 0 Å². The summed E-state index contributed by atoms with van der Waals surface area (Å²) in [5, 5.41) is 22.8. The molecule has 6 nitrogen and oxygen atoms in total. The predicted molar refractivity (Wildman–Crippen MR) is 66.6 cm³/mol. The van der Waals surface area contributed by atoms with Crippen molar-refractivity contribution in [1.29, 1.82) is 0 Å². The molecule has 101 valence electrons. The Morgan fingerprint density at radius 3 is 1.41 bits per heavy atom. The van der Waals surface area contributed by atoms with Gasteiger partial charge in [-0.15, -0.1) is 0 Å². The first-order chi connectivity index (χ1) is 7.52. The molecule has 2 atom stereocenters. The van der Waals surface area contributed by atoms with Crippen LogP contribution in [0.15, 0.2) is 0 Å². The van der Waals surface area contributed by atoms with Crippen LogP contribution >= 0.6 is 25.3 Å². The maximum absolute atomic E-state index is 10.6. The zero-order valence-electron chi connectivity index (χ0n) is 8.97. The summed E-state index contributed by atoms with van der Waals surface area (Å²) in [5.41, 5.74) is 0. The Labute approximate surface area is 124 Å². The largest absolute Gasteiger partial charge is 0.480 e. The molecule has 0 unspecified atom stereocenters. The van der Waals surface area contributed by atoms with E-state index in [1.54, 1.807) is 0 Å². The van der Waals surface area contributed by atoms with Crippen LogP contribution in [0, 0.1) is 0 Å². The molecule has 0 aromatic heterocycles. The van der Waals surface area contributed by atoms with Crippen molar-refractivity contribution < 1.29 is 40.2 Å². The maximum Gasteiger partial charge on any atom is 0.321 e. The summed E-state index contributed by atoms with van der Waals surface area (Å²) in [5.74, 6) is -1.58. The van der Waals surface area contributed by atoms with Gasteiger partial charge < -0.3 is 20.8 Å². The molecule has 0 aliphatic rings. The molecule has 0 aromatic carbocycles. The molecule has 0 rings (SSSR count). The SMILES string of the molecule is O=C(O)[C@H](CS)NCCN[C@@H](CS)C(=O)O.[Re]. The Morgan fingerprint density at radius 2 is 1.24 bits per heavy atom. The summed E-state index contributed by atoms with van der Waals surface area (Å²) < 4.78 is 0. The van der Waals surface area contributed by atoms with E-state index in [0.717, 1.165) is 0 Å². The van der Waals surface area contributed by atoms with Crippen molar-refractivity contribution >= 4 is 37.2 Å². The minimum Gasteiger partial charge on any atom is -0.480 e. The van der Waals surface area contributed by atoms with Crippen LogP contribution in [0.5, 0.6) is 0 Å². The molecule has 0 fully saturated rings. The van der Waals surface area contributed by atoms with Gasteiger partial charge in [-0.3, -0.25) is 9.59 Å². The van der Waals surface area contributed by atoms with E-state index in [-0.39, 0.29) is 31.9 Å². The molecule has 17 heavy (non-hydrogen) atoms. The first-order valence-electron chi connectivity index (χ1n) is 4.67. The van der Waals surface area contributed by atoms with Crippen molar-refractivity contribution in [1.82, 2.24) is 10.6 Å². The Bertz CT molecular complexity index is 222. The van der Waals surface area contributed by atoms with E-state index in [2.05, 4.69) is 35.9 Å². The fraction of sp³-hybridized carbons (Fsp3) is 0.750. The van der Waals surface area contributed by atoms with E-state index >= 15 is 0 Å². The van der Waals surface area contributed by atoms with Gasteiger partial charge in [-0.1, -0.05) is 0 Å². The first-order valence-corrected chi connectivity index (χ1v) is 5.93. The molecule has 0 spiro atoms. The number of carboxylic acid groups (broad SMARTS) is 2. The van der Waals surface area contributed by atoms with Crippen LogP contribution in [0.3, 0.4) is 0 Å². The molecule has 0 amide bonds. The van der Waals surface area contributed by atoms with E-state index in [0.29, 0.717) is 13.1 Å². The molecule has 1 radical (unpaired) electrons. The molecule has 0 bridgehead atoms. The zero-order valence-corrected chi connectivity index (χ0v) is 13.5. The van der Waals surface area contributed by atoms with Gasteiger partial charge in [0.2, 0.25) is 0 Å². The van der Waals surface area contributed by atoms with Gasteiger partial charge in [0, 0.05) is 45.0 Å².